The van der Waals surface area contributed by atoms with Crippen molar-refractivity contribution in [3.8, 4) is 0 Å². The molecule has 2 atom stereocenters. The molecule has 360 valence electrons. The molecule has 0 spiro atoms. The van der Waals surface area contributed by atoms with Crippen LogP contribution in [0, 0.1) is 0 Å². The summed E-state index contributed by atoms with van der Waals surface area (Å²) in [5, 5.41) is 23.0. The van der Waals surface area contributed by atoms with Crippen molar-refractivity contribution in [2.75, 3.05) is 13.2 Å². The van der Waals surface area contributed by atoms with Crippen LogP contribution in [0.15, 0.2) is 24.3 Å². The van der Waals surface area contributed by atoms with Gasteiger partial charge in [-0.3, -0.25) is 9.59 Å². The van der Waals surface area contributed by atoms with Crippen molar-refractivity contribution in [3.63, 3.8) is 0 Å². The summed E-state index contributed by atoms with van der Waals surface area (Å²) in [6, 6.07) is -0.636. The molecule has 0 saturated heterocycles. The van der Waals surface area contributed by atoms with E-state index in [0.29, 0.717) is 19.4 Å². The van der Waals surface area contributed by atoms with Crippen LogP contribution in [-0.4, -0.2) is 47.4 Å². The molecule has 0 aliphatic heterocycles. The van der Waals surface area contributed by atoms with E-state index in [1.54, 1.807) is 6.08 Å². The van der Waals surface area contributed by atoms with Gasteiger partial charge in [0, 0.05) is 12.8 Å². The number of hydrogen-bond donors (Lipinski definition) is 3. The minimum absolute atomic E-state index is 0.00468. The summed E-state index contributed by atoms with van der Waals surface area (Å²) in [6.45, 7) is 4.88. The SMILES string of the molecule is CCCCCCCCCCC/C=C/C(O)C(CO)NC(=O)CCCCCCC/C=C\CCCCCCCCCCCOC(=O)CCCCCCCCCCCCCCCCC. The van der Waals surface area contributed by atoms with Gasteiger partial charge in [-0.15, -0.1) is 0 Å². The number of carbonyl (C=O) groups is 2. The van der Waals surface area contributed by atoms with E-state index in [-0.39, 0.29) is 18.5 Å². The Morgan fingerprint density at radius 2 is 0.770 bits per heavy atom. The third-order valence-electron chi connectivity index (χ3n) is 12.5. The lowest BCUT2D eigenvalue weighted by Crippen LogP contribution is -2.45. The van der Waals surface area contributed by atoms with Crippen LogP contribution in [0.5, 0.6) is 0 Å². The van der Waals surface area contributed by atoms with Crippen molar-refractivity contribution in [1.29, 1.82) is 0 Å². The van der Waals surface area contributed by atoms with Gasteiger partial charge in [0.25, 0.3) is 0 Å². The molecule has 1 amide bonds. The number of aliphatic hydroxyl groups excluding tert-OH is 2. The van der Waals surface area contributed by atoms with Gasteiger partial charge in [-0.05, 0) is 57.8 Å². The molecule has 0 aromatic heterocycles. The maximum Gasteiger partial charge on any atom is 0.305 e. The molecule has 61 heavy (non-hydrogen) atoms. The molecule has 0 bridgehead atoms. The van der Waals surface area contributed by atoms with Gasteiger partial charge in [0.15, 0.2) is 0 Å². The molecule has 0 aromatic rings. The number of carbonyl (C=O) groups excluding carboxylic acids is 2. The fourth-order valence-electron chi connectivity index (χ4n) is 8.27. The molecule has 0 heterocycles. The highest BCUT2D eigenvalue weighted by Gasteiger charge is 2.18. The second-order valence-electron chi connectivity index (χ2n) is 18.6. The van der Waals surface area contributed by atoms with Crippen molar-refractivity contribution < 1.29 is 24.5 Å². The van der Waals surface area contributed by atoms with Crippen LogP contribution >= 0.6 is 0 Å². The number of nitrogens with one attached hydrogen (secondary N) is 1. The molecule has 0 aliphatic rings. The Kier molecular flexibility index (Phi) is 49.6. The molecule has 3 N–H and O–H groups in total. The summed E-state index contributed by atoms with van der Waals surface area (Å²) in [4.78, 5) is 24.4. The predicted octanol–water partition coefficient (Wildman–Crippen LogP) is 16.3. The van der Waals surface area contributed by atoms with Crippen LogP contribution in [0.1, 0.15) is 290 Å². The monoisotopic (exact) mass is 860 g/mol. The van der Waals surface area contributed by atoms with Crippen LogP contribution in [0.3, 0.4) is 0 Å². The van der Waals surface area contributed by atoms with E-state index in [0.717, 1.165) is 57.8 Å². The third kappa shape index (κ3) is 47.7. The first kappa shape index (κ1) is 59.3. The Morgan fingerprint density at radius 3 is 1.16 bits per heavy atom. The lowest BCUT2D eigenvalue weighted by molar-refractivity contribution is -0.143. The number of aliphatic hydroxyl groups is 2. The quantitative estimate of drug-likeness (QED) is 0.0322. The number of ether oxygens (including phenoxy) is 1. The van der Waals surface area contributed by atoms with Gasteiger partial charge in [0.2, 0.25) is 5.91 Å². The van der Waals surface area contributed by atoms with E-state index in [1.165, 1.54) is 205 Å². The molecular weight excluding hydrogens is 755 g/mol. The number of unbranched alkanes of at least 4 members (excludes halogenated alkanes) is 37. The lowest BCUT2D eigenvalue weighted by Gasteiger charge is -2.20. The maximum absolute atomic E-state index is 12.4. The highest BCUT2D eigenvalue weighted by atomic mass is 16.5. The average Bonchev–Trinajstić information content (AvgIpc) is 3.26. The lowest BCUT2D eigenvalue weighted by atomic mass is 10.0. The molecule has 0 radical (unpaired) electrons. The standard InChI is InChI=1S/C55H105NO5/c1-3-5-7-9-11-13-15-16-21-25-29-33-37-41-45-49-55(60)61-50-46-42-38-34-30-26-23-20-18-17-19-22-24-28-32-36-40-44-48-54(59)56-52(51-57)53(58)47-43-39-35-31-27-14-12-10-8-6-4-2/h19,22,43,47,52-53,57-58H,3-18,20-21,23-42,44-46,48-51H2,1-2H3,(H,56,59)/b22-19-,47-43+. The van der Waals surface area contributed by atoms with Crippen LogP contribution in [0.2, 0.25) is 0 Å². The molecule has 0 saturated carbocycles. The molecule has 0 aliphatic carbocycles. The summed E-state index contributed by atoms with van der Waals surface area (Å²) in [6.07, 6.45) is 60.5. The summed E-state index contributed by atoms with van der Waals surface area (Å²) >= 11 is 0. The van der Waals surface area contributed by atoms with E-state index in [2.05, 4.69) is 31.3 Å². The first-order valence-corrected chi connectivity index (χ1v) is 27.1. The fourth-order valence-corrected chi connectivity index (χ4v) is 8.27. The normalized spacial score (nSPS) is 12.8. The van der Waals surface area contributed by atoms with Crippen molar-refractivity contribution >= 4 is 11.9 Å². The van der Waals surface area contributed by atoms with E-state index in [1.807, 2.05) is 6.08 Å². The van der Waals surface area contributed by atoms with Crippen LogP contribution in [0.25, 0.3) is 0 Å². The Labute approximate surface area is 380 Å². The van der Waals surface area contributed by atoms with Crippen molar-refractivity contribution in [2.24, 2.45) is 0 Å². The van der Waals surface area contributed by atoms with Gasteiger partial charge in [-0.25, -0.2) is 0 Å². The van der Waals surface area contributed by atoms with E-state index in [9.17, 15) is 19.8 Å². The van der Waals surface area contributed by atoms with E-state index in [4.69, 9.17) is 4.74 Å². The molecule has 0 rings (SSSR count). The maximum atomic E-state index is 12.4. The minimum atomic E-state index is -0.851. The van der Waals surface area contributed by atoms with Gasteiger partial charge < -0.3 is 20.3 Å². The third-order valence-corrected chi connectivity index (χ3v) is 12.5. The number of allylic oxidation sites excluding steroid dienone is 3. The Morgan fingerprint density at radius 1 is 0.443 bits per heavy atom. The minimum Gasteiger partial charge on any atom is -0.466 e. The van der Waals surface area contributed by atoms with Gasteiger partial charge >= 0.3 is 5.97 Å². The molecule has 0 fully saturated rings. The zero-order valence-electron chi connectivity index (χ0n) is 40.9. The summed E-state index contributed by atoms with van der Waals surface area (Å²) < 4.78 is 5.47. The summed E-state index contributed by atoms with van der Waals surface area (Å²) in [5.41, 5.74) is 0. The van der Waals surface area contributed by atoms with Crippen molar-refractivity contribution in [3.05, 3.63) is 24.3 Å². The molecule has 0 aromatic carbocycles. The van der Waals surface area contributed by atoms with E-state index < -0.39 is 12.1 Å². The summed E-state index contributed by atoms with van der Waals surface area (Å²) in [7, 11) is 0. The smallest absolute Gasteiger partial charge is 0.305 e. The van der Waals surface area contributed by atoms with Gasteiger partial charge in [0.1, 0.15) is 0 Å². The van der Waals surface area contributed by atoms with E-state index >= 15 is 0 Å². The highest BCUT2D eigenvalue weighted by Crippen LogP contribution is 2.16. The molecular formula is C55H105NO5. The first-order chi connectivity index (χ1) is 30.0. The predicted molar refractivity (Wildman–Crippen MR) is 264 cm³/mol. The number of hydrogen-bond acceptors (Lipinski definition) is 5. The van der Waals surface area contributed by atoms with Gasteiger partial charge in [0.05, 0.1) is 25.4 Å². The zero-order chi connectivity index (χ0) is 44.4. The number of rotatable bonds is 50. The first-order valence-electron chi connectivity index (χ1n) is 27.1. The topological polar surface area (TPSA) is 95.9 Å². The number of esters is 1. The largest absolute Gasteiger partial charge is 0.466 e. The average molecular weight is 860 g/mol. The number of amides is 1. The second-order valence-corrected chi connectivity index (χ2v) is 18.6. The second kappa shape index (κ2) is 51.0. The van der Waals surface area contributed by atoms with Crippen LogP contribution < -0.4 is 5.32 Å². The van der Waals surface area contributed by atoms with Crippen LogP contribution in [-0.2, 0) is 14.3 Å². The van der Waals surface area contributed by atoms with Crippen molar-refractivity contribution in [1.82, 2.24) is 5.32 Å². The van der Waals surface area contributed by atoms with Crippen molar-refractivity contribution in [2.45, 2.75) is 302 Å². The summed E-state index contributed by atoms with van der Waals surface area (Å²) in [5.74, 6) is -0.0788. The highest BCUT2D eigenvalue weighted by molar-refractivity contribution is 5.76. The Balaban J connectivity index is 3.44. The fraction of sp³-hybridized carbons (Fsp3) is 0.891. The molecule has 6 nitrogen and oxygen atoms in total. The van der Waals surface area contributed by atoms with Gasteiger partial charge in [-0.1, -0.05) is 244 Å². The van der Waals surface area contributed by atoms with Crippen LogP contribution in [0.4, 0.5) is 0 Å². The molecule has 2 unspecified atom stereocenters. The molecule has 6 heteroatoms. The van der Waals surface area contributed by atoms with Gasteiger partial charge in [-0.2, -0.15) is 0 Å². The Bertz CT molecular complexity index is 951. The Hall–Kier alpha value is -1.66. The zero-order valence-corrected chi connectivity index (χ0v) is 40.9.